The summed E-state index contributed by atoms with van der Waals surface area (Å²) in [6.07, 6.45) is 7.33. The second kappa shape index (κ2) is 5.13. The van der Waals surface area contributed by atoms with Gasteiger partial charge in [0.05, 0.1) is 6.61 Å². The Hall–Kier alpha value is -1.48. The maximum atomic E-state index is 6.10. The van der Waals surface area contributed by atoms with Crippen LogP contribution in [-0.2, 0) is 0 Å². The Balaban J connectivity index is 1.68. The van der Waals surface area contributed by atoms with Crippen LogP contribution in [0.4, 0.5) is 0 Å². The van der Waals surface area contributed by atoms with Crippen LogP contribution in [0.15, 0.2) is 24.4 Å². The molecular weight excluding hydrogens is 248 g/mol. The third kappa shape index (κ3) is 2.31. The molecule has 0 atom stereocenters. The van der Waals surface area contributed by atoms with Crippen LogP contribution in [0.3, 0.4) is 0 Å². The number of fused-ring (bicyclic) bond motifs is 1. The predicted molar refractivity (Wildman–Crippen MR) is 81.4 cm³/mol. The lowest BCUT2D eigenvalue weighted by molar-refractivity contribution is 0.303. The molecule has 4 rings (SSSR count). The van der Waals surface area contributed by atoms with E-state index in [1.165, 1.54) is 42.1 Å². The van der Waals surface area contributed by atoms with E-state index in [0.29, 0.717) is 5.92 Å². The van der Waals surface area contributed by atoms with Gasteiger partial charge in [-0.15, -0.1) is 0 Å². The SMILES string of the molecule is c1cc(OCC2CC2)c2c(C3CCNCC3)c[nH]c2c1. The Labute approximate surface area is 119 Å². The van der Waals surface area contributed by atoms with Crippen molar-refractivity contribution in [1.29, 1.82) is 0 Å². The van der Waals surface area contributed by atoms with E-state index in [4.69, 9.17) is 4.74 Å². The van der Waals surface area contributed by atoms with Crippen molar-refractivity contribution in [1.82, 2.24) is 10.3 Å². The number of aromatic amines is 1. The summed E-state index contributed by atoms with van der Waals surface area (Å²) in [5.74, 6) is 2.53. The summed E-state index contributed by atoms with van der Waals surface area (Å²) in [6, 6.07) is 6.38. The minimum absolute atomic E-state index is 0.663. The van der Waals surface area contributed by atoms with Gasteiger partial charge in [-0.25, -0.2) is 0 Å². The summed E-state index contributed by atoms with van der Waals surface area (Å²) in [5.41, 5.74) is 2.67. The van der Waals surface area contributed by atoms with E-state index in [1.807, 2.05) is 0 Å². The first kappa shape index (κ1) is 12.3. The van der Waals surface area contributed by atoms with Crippen molar-refractivity contribution in [3.63, 3.8) is 0 Å². The number of piperidine rings is 1. The number of aromatic nitrogens is 1. The van der Waals surface area contributed by atoms with Crippen LogP contribution in [-0.4, -0.2) is 24.7 Å². The summed E-state index contributed by atoms with van der Waals surface area (Å²) in [7, 11) is 0. The third-order valence-corrected chi connectivity index (χ3v) is 4.65. The van der Waals surface area contributed by atoms with Crippen LogP contribution in [0.5, 0.6) is 5.75 Å². The molecule has 1 saturated heterocycles. The van der Waals surface area contributed by atoms with Gasteiger partial charge in [0.2, 0.25) is 0 Å². The van der Waals surface area contributed by atoms with Gasteiger partial charge >= 0.3 is 0 Å². The van der Waals surface area contributed by atoms with Gasteiger partial charge in [0, 0.05) is 17.1 Å². The zero-order valence-corrected chi connectivity index (χ0v) is 11.8. The maximum Gasteiger partial charge on any atom is 0.128 e. The Kier molecular flexibility index (Phi) is 3.15. The normalized spacial score (nSPS) is 20.4. The predicted octanol–water partition coefficient (Wildman–Crippen LogP) is 3.42. The molecule has 2 aliphatic rings. The van der Waals surface area contributed by atoms with Crippen molar-refractivity contribution in [2.75, 3.05) is 19.7 Å². The summed E-state index contributed by atoms with van der Waals surface area (Å²) < 4.78 is 6.10. The number of rotatable bonds is 4. The van der Waals surface area contributed by atoms with Gasteiger partial charge in [-0.1, -0.05) is 6.07 Å². The first-order valence-corrected chi connectivity index (χ1v) is 7.85. The summed E-state index contributed by atoms with van der Waals surface area (Å²) in [6.45, 7) is 3.14. The average molecular weight is 270 g/mol. The van der Waals surface area contributed by atoms with E-state index in [-0.39, 0.29) is 0 Å². The fraction of sp³-hybridized carbons (Fsp3) is 0.529. The molecule has 106 valence electrons. The second-order valence-corrected chi connectivity index (χ2v) is 6.20. The van der Waals surface area contributed by atoms with Crippen LogP contribution in [0.2, 0.25) is 0 Å². The highest BCUT2D eigenvalue weighted by Crippen LogP contribution is 2.37. The maximum absolute atomic E-state index is 6.10. The summed E-state index contributed by atoms with van der Waals surface area (Å²) in [4.78, 5) is 3.43. The number of hydrogen-bond acceptors (Lipinski definition) is 2. The largest absolute Gasteiger partial charge is 0.493 e. The van der Waals surface area contributed by atoms with E-state index in [0.717, 1.165) is 31.4 Å². The molecule has 2 aromatic rings. The molecular formula is C17H22N2O. The average Bonchev–Trinajstić information content (AvgIpc) is 3.23. The molecule has 0 bridgehead atoms. The van der Waals surface area contributed by atoms with Gasteiger partial charge in [-0.2, -0.15) is 0 Å². The highest BCUT2D eigenvalue weighted by atomic mass is 16.5. The van der Waals surface area contributed by atoms with Crippen molar-refractivity contribution >= 4 is 10.9 Å². The monoisotopic (exact) mass is 270 g/mol. The highest BCUT2D eigenvalue weighted by Gasteiger charge is 2.24. The number of H-pyrrole nitrogens is 1. The third-order valence-electron chi connectivity index (χ3n) is 4.65. The fourth-order valence-electron chi connectivity index (χ4n) is 3.24. The molecule has 1 aliphatic carbocycles. The van der Waals surface area contributed by atoms with E-state index in [2.05, 4.69) is 34.7 Å². The molecule has 0 spiro atoms. The zero-order chi connectivity index (χ0) is 13.4. The quantitative estimate of drug-likeness (QED) is 0.893. The molecule has 3 nitrogen and oxygen atoms in total. The standard InChI is InChI=1S/C17H22N2O/c1-2-15-17(16(3-1)20-11-12-4-5-12)14(10-19-15)13-6-8-18-9-7-13/h1-3,10,12-13,18-19H,4-9,11H2. The van der Waals surface area contributed by atoms with Crippen LogP contribution in [0.1, 0.15) is 37.2 Å². The zero-order valence-electron chi connectivity index (χ0n) is 11.8. The van der Waals surface area contributed by atoms with E-state index >= 15 is 0 Å². The molecule has 0 radical (unpaired) electrons. The molecule has 0 amide bonds. The van der Waals surface area contributed by atoms with Gasteiger partial charge in [-0.3, -0.25) is 0 Å². The first-order valence-electron chi connectivity index (χ1n) is 7.85. The van der Waals surface area contributed by atoms with Gasteiger partial charge < -0.3 is 15.0 Å². The second-order valence-electron chi connectivity index (χ2n) is 6.20. The van der Waals surface area contributed by atoms with Gasteiger partial charge in [0.1, 0.15) is 5.75 Å². The molecule has 1 aromatic heterocycles. The van der Waals surface area contributed by atoms with Crippen LogP contribution < -0.4 is 10.1 Å². The molecule has 0 unspecified atom stereocenters. The highest BCUT2D eigenvalue weighted by molar-refractivity contribution is 5.89. The molecule has 2 N–H and O–H groups in total. The van der Waals surface area contributed by atoms with Crippen molar-refractivity contribution in [3.05, 3.63) is 30.0 Å². The molecule has 2 fully saturated rings. The molecule has 2 heterocycles. The Morgan fingerprint density at radius 1 is 1.10 bits per heavy atom. The Bertz CT molecular complexity index is 594. The number of hydrogen-bond donors (Lipinski definition) is 2. The first-order chi connectivity index (χ1) is 9.92. The van der Waals surface area contributed by atoms with Crippen LogP contribution in [0, 0.1) is 5.92 Å². The topological polar surface area (TPSA) is 37.0 Å². The van der Waals surface area contributed by atoms with Gasteiger partial charge in [-0.05, 0) is 68.3 Å². The smallest absolute Gasteiger partial charge is 0.128 e. The van der Waals surface area contributed by atoms with E-state index < -0.39 is 0 Å². The number of benzene rings is 1. The van der Waals surface area contributed by atoms with Crippen LogP contribution >= 0.6 is 0 Å². The van der Waals surface area contributed by atoms with Crippen LogP contribution in [0.25, 0.3) is 10.9 Å². The van der Waals surface area contributed by atoms with Gasteiger partial charge in [0.15, 0.2) is 0 Å². The fourth-order valence-corrected chi connectivity index (χ4v) is 3.24. The van der Waals surface area contributed by atoms with Crippen molar-refractivity contribution < 1.29 is 4.74 Å². The number of ether oxygens (including phenoxy) is 1. The number of nitrogens with one attached hydrogen (secondary N) is 2. The van der Waals surface area contributed by atoms with Crippen molar-refractivity contribution in [2.45, 2.75) is 31.6 Å². The molecule has 1 aromatic carbocycles. The lowest BCUT2D eigenvalue weighted by Crippen LogP contribution is -2.26. The Morgan fingerprint density at radius 2 is 1.95 bits per heavy atom. The van der Waals surface area contributed by atoms with Crippen molar-refractivity contribution in [2.24, 2.45) is 5.92 Å². The lowest BCUT2D eigenvalue weighted by atomic mass is 9.90. The molecule has 3 heteroatoms. The van der Waals surface area contributed by atoms with E-state index in [1.54, 1.807) is 0 Å². The minimum atomic E-state index is 0.663. The van der Waals surface area contributed by atoms with Crippen molar-refractivity contribution in [3.8, 4) is 5.75 Å². The van der Waals surface area contributed by atoms with E-state index in [9.17, 15) is 0 Å². The minimum Gasteiger partial charge on any atom is -0.493 e. The lowest BCUT2D eigenvalue weighted by Gasteiger charge is -2.22. The molecule has 1 saturated carbocycles. The Morgan fingerprint density at radius 3 is 2.75 bits per heavy atom. The van der Waals surface area contributed by atoms with Gasteiger partial charge in [0.25, 0.3) is 0 Å². The molecule has 1 aliphatic heterocycles. The molecule has 20 heavy (non-hydrogen) atoms. The summed E-state index contributed by atoms with van der Waals surface area (Å²) in [5, 5.41) is 4.77. The summed E-state index contributed by atoms with van der Waals surface area (Å²) >= 11 is 0.